The lowest BCUT2D eigenvalue weighted by atomic mass is 9.93. The third-order valence-electron chi connectivity index (χ3n) is 2.22. The zero-order chi connectivity index (χ0) is 9.47. The molecule has 0 saturated carbocycles. The number of hydrogen-bond acceptors (Lipinski definition) is 2. The van der Waals surface area contributed by atoms with E-state index in [1.165, 1.54) is 5.38 Å². The van der Waals surface area contributed by atoms with Crippen LogP contribution < -0.4 is 5.32 Å². The van der Waals surface area contributed by atoms with Crippen LogP contribution in [0.1, 0.15) is 17.0 Å². The zero-order valence-corrected chi connectivity index (χ0v) is 7.50. The smallest absolute Gasteiger partial charge is 0.315 e. The van der Waals surface area contributed by atoms with E-state index in [-0.39, 0.29) is 5.92 Å². The molecule has 0 aliphatic carbocycles. The van der Waals surface area contributed by atoms with Gasteiger partial charge in [0.2, 0.25) is 0 Å². The summed E-state index contributed by atoms with van der Waals surface area (Å²) in [7, 11) is 0. The van der Waals surface area contributed by atoms with Gasteiger partial charge in [0.05, 0.1) is 5.56 Å². The van der Waals surface area contributed by atoms with Gasteiger partial charge in [0, 0.05) is 24.4 Å². The van der Waals surface area contributed by atoms with Crippen LogP contribution in [0.15, 0.2) is 10.8 Å². The van der Waals surface area contributed by atoms with Crippen molar-refractivity contribution in [3.05, 3.63) is 21.9 Å². The van der Waals surface area contributed by atoms with Gasteiger partial charge in [-0.2, -0.15) is 24.5 Å². The molecule has 0 spiro atoms. The van der Waals surface area contributed by atoms with E-state index in [0.717, 1.165) is 11.3 Å². The van der Waals surface area contributed by atoms with Gasteiger partial charge in [-0.15, -0.1) is 0 Å². The summed E-state index contributed by atoms with van der Waals surface area (Å²) in [6, 6.07) is 0. The van der Waals surface area contributed by atoms with E-state index in [1.807, 2.05) is 0 Å². The van der Waals surface area contributed by atoms with Crippen molar-refractivity contribution in [2.24, 2.45) is 0 Å². The second kappa shape index (κ2) is 2.99. The van der Waals surface area contributed by atoms with Crippen LogP contribution in [0, 0.1) is 0 Å². The minimum Gasteiger partial charge on any atom is -0.315 e. The zero-order valence-electron chi connectivity index (χ0n) is 6.69. The normalized spacial score (nSPS) is 18.7. The molecule has 1 aliphatic rings. The summed E-state index contributed by atoms with van der Waals surface area (Å²) in [5.41, 5.74) is 0.000231. The van der Waals surface area contributed by atoms with E-state index in [0.29, 0.717) is 18.7 Å². The molecule has 0 unspecified atom stereocenters. The molecule has 1 nitrogen and oxygen atoms in total. The topological polar surface area (TPSA) is 12.0 Å². The van der Waals surface area contributed by atoms with Crippen molar-refractivity contribution in [1.82, 2.24) is 5.32 Å². The Kier molecular flexibility index (Phi) is 2.08. The lowest BCUT2D eigenvalue weighted by molar-refractivity contribution is -0.138. The van der Waals surface area contributed by atoms with E-state index in [9.17, 15) is 13.2 Å². The van der Waals surface area contributed by atoms with Crippen molar-refractivity contribution in [2.45, 2.75) is 12.1 Å². The van der Waals surface area contributed by atoms with E-state index in [1.54, 1.807) is 5.38 Å². The molecular weight excluding hydrogens is 199 g/mol. The summed E-state index contributed by atoms with van der Waals surface area (Å²) in [6.07, 6.45) is -4.19. The Morgan fingerprint density at radius 1 is 1.31 bits per heavy atom. The lowest BCUT2D eigenvalue weighted by Gasteiger charge is -2.28. The van der Waals surface area contributed by atoms with Gasteiger partial charge < -0.3 is 5.32 Å². The molecule has 1 saturated heterocycles. The molecule has 1 fully saturated rings. The van der Waals surface area contributed by atoms with Crippen LogP contribution in [0.25, 0.3) is 0 Å². The molecule has 2 heterocycles. The third-order valence-corrected chi connectivity index (χ3v) is 2.98. The fourth-order valence-electron chi connectivity index (χ4n) is 1.36. The van der Waals surface area contributed by atoms with Crippen LogP contribution >= 0.6 is 11.3 Å². The Balaban J connectivity index is 2.30. The number of hydrogen-bond donors (Lipinski definition) is 1. The van der Waals surface area contributed by atoms with Crippen molar-refractivity contribution in [3.63, 3.8) is 0 Å². The molecular formula is C8H8F3NS. The fourth-order valence-corrected chi connectivity index (χ4v) is 2.30. The quantitative estimate of drug-likeness (QED) is 0.745. The molecule has 0 atom stereocenters. The lowest BCUT2D eigenvalue weighted by Crippen LogP contribution is -2.40. The first-order valence-corrected chi connectivity index (χ1v) is 4.87. The molecule has 13 heavy (non-hydrogen) atoms. The van der Waals surface area contributed by atoms with Crippen molar-refractivity contribution < 1.29 is 13.2 Å². The van der Waals surface area contributed by atoms with Gasteiger partial charge in [-0.05, 0) is 10.9 Å². The Labute approximate surface area is 77.6 Å². The van der Waals surface area contributed by atoms with E-state index in [2.05, 4.69) is 5.32 Å². The minimum atomic E-state index is -4.19. The van der Waals surface area contributed by atoms with Gasteiger partial charge in [0.25, 0.3) is 0 Å². The highest BCUT2D eigenvalue weighted by Crippen LogP contribution is 2.38. The molecule has 5 heteroatoms. The van der Waals surface area contributed by atoms with Gasteiger partial charge in [-0.3, -0.25) is 0 Å². The van der Waals surface area contributed by atoms with Crippen molar-refractivity contribution >= 4 is 11.3 Å². The third kappa shape index (κ3) is 1.58. The summed E-state index contributed by atoms with van der Waals surface area (Å²) in [4.78, 5) is 0. The Hall–Kier alpha value is -0.550. The molecule has 0 amide bonds. The maximum Gasteiger partial charge on any atom is 0.417 e. The number of alkyl halides is 3. The molecule has 0 bridgehead atoms. The summed E-state index contributed by atoms with van der Waals surface area (Å²) in [5, 5.41) is 5.76. The van der Waals surface area contributed by atoms with E-state index in [4.69, 9.17) is 0 Å². The predicted molar refractivity (Wildman–Crippen MR) is 44.9 cm³/mol. The highest BCUT2D eigenvalue weighted by atomic mass is 32.1. The Bertz CT molecular complexity index is 301. The second-order valence-corrected chi connectivity index (χ2v) is 3.84. The first-order valence-electron chi connectivity index (χ1n) is 3.93. The number of nitrogens with one attached hydrogen (secondary N) is 1. The second-order valence-electron chi connectivity index (χ2n) is 3.09. The molecule has 0 radical (unpaired) electrons. The van der Waals surface area contributed by atoms with Crippen LogP contribution in [0.3, 0.4) is 0 Å². The van der Waals surface area contributed by atoms with Crippen molar-refractivity contribution in [1.29, 1.82) is 0 Å². The Morgan fingerprint density at radius 2 is 2.00 bits per heavy atom. The minimum absolute atomic E-state index is 0.0582. The van der Waals surface area contributed by atoms with Crippen LogP contribution in [0.2, 0.25) is 0 Å². The first kappa shape index (κ1) is 9.02. The van der Waals surface area contributed by atoms with Gasteiger partial charge in [-0.25, -0.2) is 0 Å². The molecule has 1 aliphatic heterocycles. The highest BCUT2D eigenvalue weighted by molar-refractivity contribution is 7.08. The highest BCUT2D eigenvalue weighted by Gasteiger charge is 2.37. The average Bonchev–Trinajstić information content (AvgIpc) is 2.29. The SMILES string of the molecule is FC(F)(F)c1cscc1C1CNC1. The van der Waals surface area contributed by atoms with Crippen molar-refractivity contribution in [2.75, 3.05) is 13.1 Å². The van der Waals surface area contributed by atoms with Crippen molar-refractivity contribution in [3.8, 4) is 0 Å². The van der Waals surface area contributed by atoms with Crippen LogP contribution in [-0.2, 0) is 6.18 Å². The molecule has 1 N–H and O–H groups in total. The van der Waals surface area contributed by atoms with Gasteiger partial charge in [-0.1, -0.05) is 0 Å². The molecule has 1 aromatic heterocycles. The predicted octanol–water partition coefficient (Wildman–Crippen LogP) is 2.45. The maximum absolute atomic E-state index is 12.4. The number of halogens is 3. The van der Waals surface area contributed by atoms with Gasteiger partial charge in [0.1, 0.15) is 0 Å². The summed E-state index contributed by atoms with van der Waals surface area (Å²) < 4.78 is 37.2. The van der Waals surface area contributed by atoms with Crippen LogP contribution in [0.5, 0.6) is 0 Å². The van der Waals surface area contributed by atoms with Crippen LogP contribution in [0.4, 0.5) is 13.2 Å². The molecule has 1 aromatic rings. The van der Waals surface area contributed by atoms with Gasteiger partial charge >= 0.3 is 6.18 Å². The largest absolute Gasteiger partial charge is 0.417 e. The van der Waals surface area contributed by atoms with Gasteiger partial charge in [0.15, 0.2) is 0 Å². The van der Waals surface area contributed by atoms with E-state index < -0.39 is 11.7 Å². The van der Waals surface area contributed by atoms with E-state index >= 15 is 0 Å². The number of thiophene rings is 1. The maximum atomic E-state index is 12.4. The molecule has 72 valence electrons. The molecule has 2 rings (SSSR count). The molecule has 0 aromatic carbocycles. The first-order chi connectivity index (χ1) is 6.09. The summed E-state index contributed by atoms with van der Waals surface area (Å²) >= 11 is 1.12. The summed E-state index contributed by atoms with van der Waals surface area (Å²) in [5.74, 6) is 0.0582. The summed E-state index contributed by atoms with van der Waals surface area (Å²) in [6.45, 7) is 1.33. The monoisotopic (exact) mass is 207 g/mol. The standard InChI is InChI=1S/C8H8F3NS/c9-8(10,11)7-4-13-3-6(7)5-1-12-2-5/h3-5,12H,1-2H2. The number of rotatable bonds is 1. The fraction of sp³-hybridized carbons (Fsp3) is 0.500. The Morgan fingerprint density at radius 3 is 2.46 bits per heavy atom. The average molecular weight is 207 g/mol. The van der Waals surface area contributed by atoms with Crippen LogP contribution in [-0.4, -0.2) is 13.1 Å².